The SMILES string of the molecule is CCc1ccccc1NC(=O)CN1CCN(C(=O)C(C)n2c(-c3cccs3)n[nH]c2=S)CC1. The van der Waals surface area contributed by atoms with E-state index in [-0.39, 0.29) is 11.8 Å². The zero-order valence-corrected chi connectivity index (χ0v) is 20.4. The highest BCUT2D eigenvalue weighted by Crippen LogP contribution is 2.26. The lowest BCUT2D eigenvalue weighted by atomic mass is 10.1. The summed E-state index contributed by atoms with van der Waals surface area (Å²) < 4.78 is 2.22. The Hall–Kier alpha value is -2.82. The molecular weight excluding hydrogens is 456 g/mol. The van der Waals surface area contributed by atoms with Gasteiger partial charge in [0, 0.05) is 31.9 Å². The van der Waals surface area contributed by atoms with E-state index >= 15 is 0 Å². The van der Waals surface area contributed by atoms with Gasteiger partial charge in [-0.15, -0.1) is 11.3 Å². The number of para-hydroxylation sites is 1. The minimum atomic E-state index is -0.464. The molecule has 3 aromatic rings. The topological polar surface area (TPSA) is 86.3 Å². The molecule has 2 amide bonds. The Labute approximate surface area is 202 Å². The molecule has 1 aromatic carbocycles. The molecule has 0 saturated carbocycles. The quantitative estimate of drug-likeness (QED) is 0.501. The molecule has 1 fully saturated rings. The zero-order chi connectivity index (χ0) is 23.4. The summed E-state index contributed by atoms with van der Waals surface area (Å²) in [4.78, 5) is 30.7. The summed E-state index contributed by atoms with van der Waals surface area (Å²) in [6.07, 6.45) is 0.865. The third-order valence-corrected chi connectivity index (χ3v) is 7.07. The van der Waals surface area contributed by atoms with Crippen LogP contribution in [0.25, 0.3) is 10.7 Å². The van der Waals surface area contributed by atoms with Gasteiger partial charge in [0.2, 0.25) is 11.8 Å². The molecule has 0 aliphatic carbocycles. The maximum atomic E-state index is 13.2. The van der Waals surface area contributed by atoms with Gasteiger partial charge in [-0.2, -0.15) is 5.10 Å². The minimum Gasteiger partial charge on any atom is -0.338 e. The van der Waals surface area contributed by atoms with Crippen LogP contribution in [0.15, 0.2) is 41.8 Å². The fourth-order valence-corrected chi connectivity index (χ4v) is 5.09. The fourth-order valence-electron chi connectivity index (χ4n) is 4.09. The van der Waals surface area contributed by atoms with E-state index in [0.29, 0.717) is 43.3 Å². The lowest BCUT2D eigenvalue weighted by molar-refractivity contribution is -0.136. The first-order valence-electron chi connectivity index (χ1n) is 11.1. The number of hydrogen-bond acceptors (Lipinski definition) is 6. The molecule has 1 unspecified atom stereocenters. The Morgan fingerprint density at radius 2 is 1.94 bits per heavy atom. The van der Waals surface area contributed by atoms with Gasteiger partial charge < -0.3 is 10.2 Å². The van der Waals surface area contributed by atoms with Crippen LogP contribution in [0, 0.1) is 4.77 Å². The van der Waals surface area contributed by atoms with Gasteiger partial charge in [-0.25, -0.2) is 0 Å². The molecule has 2 aromatic heterocycles. The van der Waals surface area contributed by atoms with Gasteiger partial charge in [-0.1, -0.05) is 31.2 Å². The first kappa shape index (κ1) is 23.3. The summed E-state index contributed by atoms with van der Waals surface area (Å²) in [5.41, 5.74) is 1.99. The van der Waals surface area contributed by atoms with Crippen LogP contribution in [0.2, 0.25) is 0 Å². The van der Waals surface area contributed by atoms with E-state index in [1.165, 1.54) is 0 Å². The lowest BCUT2D eigenvalue weighted by Crippen LogP contribution is -2.51. The summed E-state index contributed by atoms with van der Waals surface area (Å²) in [5.74, 6) is 0.652. The van der Waals surface area contributed by atoms with Crippen LogP contribution < -0.4 is 5.32 Å². The molecule has 2 N–H and O–H groups in total. The third-order valence-electron chi connectivity index (χ3n) is 5.91. The summed E-state index contributed by atoms with van der Waals surface area (Å²) in [7, 11) is 0. The van der Waals surface area contributed by atoms with Crippen molar-refractivity contribution in [2.45, 2.75) is 26.3 Å². The molecule has 0 radical (unpaired) electrons. The van der Waals surface area contributed by atoms with Crippen LogP contribution in [0.1, 0.15) is 25.5 Å². The number of aromatic amines is 1. The van der Waals surface area contributed by atoms with Crippen LogP contribution in [0.5, 0.6) is 0 Å². The number of carbonyl (C=O) groups excluding carboxylic acids is 2. The van der Waals surface area contributed by atoms with Gasteiger partial charge in [-0.3, -0.25) is 24.2 Å². The highest BCUT2D eigenvalue weighted by atomic mass is 32.1. The number of hydrogen-bond donors (Lipinski definition) is 2. The van der Waals surface area contributed by atoms with Gasteiger partial charge in [0.1, 0.15) is 6.04 Å². The van der Waals surface area contributed by atoms with Gasteiger partial charge >= 0.3 is 0 Å². The Morgan fingerprint density at radius 3 is 2.64 bits per heavy atom. The molecule has 0 bridgehead atoms. The predicted molar refractivity (Wildman–Crippen MR) is 133 cm³/mol. The van der Waals surface area contributed by atoms with Crippen molar-refractivity contribution in [1.29, 1.82) is 0 Å². The number of piperazine rings is 1. The highest BCUT2D eigenvalue weighted by molar-refractivity contribution is 7.71. The normalized spacial score (nSPS) is 15.4. The second kappa shape index (κ2) is 10.4. The van der Waals surface area contributed by atoms with Crippen molar-refractivity contribution in [1.82, 2.24) is 24.6 Å². The first-order chi connectivity index (χ1) is 16.0. The first-order valence-corrected chi connectivity index (χ1v) is 12.4. The average molecular weight is 485 g/mol. The summed E-state index contributed by atoms with van der Waals surface area (Å²) in [6, 6.07) is 11.3. The smallest absolute Gasteiger partial charge is 0.245 e. The fraction of sp³-hybridized carbons (Fsp3) is 0.391. The van der Waals surface area contributed by atoms with Crippen molar-refractivity contribution in [2.24, 2.45) is 0 Å². The third kappa shape index (κ3) is 5.23. The molecule has 1 atom stereocenters. The lowest BCUT2D eigenvalue weighted by Gasteiger charge is -2.35. The number of rotatable bonds is 7. The second-order valence-corrected chi connectivity index (χ2v) is 9.37. The summed E-state index contributed by atoms with van der Waals surface area (Å²) in [6.45, 7) is 6.68. The number of thiophene rings is 1. The Kier molecular flexibility index (Phi) is 7.36. The van der Waals surface area contributed by atoms with E-state index in [9.17, 15) is 9.59 Å². The number of H-pyrrole nitrogens is 1. The number of nitrogens with one attached hydrogen (secondary N) is 2. The molecule has 1 aliphatic rings. The van der Waals surface area contributed by atoms with Crippen molar-refractivity contribution < 1.29 is 9.59 Å². The predicted octanol–water partition coefficient (Wildman–Crippen LogP) is 3.58. The number of anilines is 1. The monoisotopic (exact) mass is 484 g/mol. The number of amides is 2. The van der Waals surface area contributed by atoms with Crippen molar-refractivity contribution >= 4 is 41.1 Å². The highest BCUT2D eigenvalue weighted by Gasteiger charge is 2.29. The largest absolute Gasteiger partial charge is 0.338 e. The number of benzene rings is 1. The van der Waals surface area contributed by atoms with Crippen LogP contribution in [0.3, 0.4) is 0 Å². The van der Waals surface area contributed by atoms with E-state index in [1.807, 2.05) is 53.6 Å². The van der Waals surface area contributed by atoms with E-state index in [0.717, 1.165) is 22.5 Å². The Morgan fingerprint density at radius 1 is 1.18 bits per heavy atom. The summed E-state index contributed by atoms with van der Waals surface area (Å²) >= 11 is 6.97. The molecule has 33 heavy (non-hydrogen) atoms. The molecule has 8 nitrogen and oxygen atoms in total. The van der Waals surface area contributed by atoms with E-state index in [2.05, 4.69) is 27.3 Å². The van der Waals surface area contributed by atoms with Crippen LogP contribution in [0.4, 0.5) is 5.69 Å². The standard InChI is InChI=1S/C23H28N6O2S2/c1-3-17-7-4-5-8-18(17)24-20(30)15-27-10-12-28(13-11-27)22(31)16(2)29-21(25-26-23(29)32)19-9-6-14-33-19/h4-9,14,16H,3,10-13,15H2,1-2H3,(H,24,30)(H,26,32). The number of aryl methyl sites for hydroxylation is 1. The molecular formula is C23H28N6O2S2. The van der Waals surface area contributed by atoms with Gasteiger partial charge in [-0.05, 0) is 48.6 Å². The Bertz CT molecular complexity index is 1160. The zero-order valence-electron chi connectivity index (χ0n) is 18.8. The van der Waals surface area contributed by atoms with E-state index in [4.69, 9.17) is 12.2 Å². The van der Waals surface area contributed by atoms with Gasteiger partial charge in [0.25, 0.3) is 0 Å². The number of nitrogens with zero attached hydrogens (tertiary/aromatic N) is 4. The van der Waals surface area contributed by atoms with Crippen molar-refractivity contribution in [3.8, 4) is 10.7 Å². The van der Waals surface area contributed by atoms with Crippen LogP contribution in [-0.4, -0.2) is 69.1 Å². The molecule has 174 valence electrons. The van der Waals surface area contributed by atoms with Crippen LogP contribution in [-0.2, 0) is 16.0 Å². The van der Waals surface area contributed by atoms with Crippen molar-refractivity contribution in [2.75, 3.05) is 38.0 Å². The second-order valence-electron chi connectivity index (χ2n) is 8.04. The molecule has 3 heterocycles. The van der Waals surface area contributed by atoms with Crippen molar-refractivity contribution in [3.63, 3.8) is 0 Å². The average Bonchev–Trinajstić information content (AvgIpc) is 3.48. The van der Waals surface area contributed by atoms with Crippen molar-refractivity contribution in [3.05, 3.63) is 52.1 Å². The van der Waals surface area contributed by atoms with E-state index < -0.39 is 6.04 Å². The molecule has 4 rings (SSSR count). The summed E-state index contributed by atoms with van der Waals surface area (Å²) in [5, 5.41) is 12.1. The molecule has 1 aliphatic heterocycles. The molecule has 0 spiro atoms. The van der Waals surface area contributed by atoms with Gasteiger partial charge in [0.15, 0.2) is 10.6 Å². The Balaban J connectivity index is 1.34. The van der Waals surface area contributed by atoms with Crippen LogP contribution >= 0.6 is 23.6 Å². The number of aromatic nitrogens is 3. The molecule has 1 saturated heterocycles. The van der Waals surface area contributed by atoms with Gasteiger partial charge in [0.05, 0.1) is 11.4 Å². The minimum absolute atomic E-state index is 0.00582. The van der Waals surface area contributed by atoms with E-state index in [1.54, 1.807) is 15.9 Å². The maximum absolute atomic E-state index is 13.2. The maximum Gasteiger partial charge on any atom is 0.245 e. The molecule has 10 heteroatoms. The number of carbonyl (C=O) groups is 2.